The number of nitrogens with zero attached hydrogens (tertiary/aromatic N) is 5. The normalized spacial score (nSPS) is 15.7. The van der Waals surface area contributed by atoms with E-state index in [2.05, 4.69) is 27.6 Å². The van der Waals surface area contributed by atoms with E-state index in [4.69, 9.17) is 0 Å². The first-order chi connectivity index (χ1) is 14.9. The van der Waals surface area contributed by atoms with Gasteiger partial charge in [-0.15, -0.1) is 21.5 Å². The molecule has 1 aliphatic rings. The Morgan fingerprint density at radius 1 is 1.45 bits per heavy atom. The summed E-state index contributed by atoms with van der Waals surface area (Å²) in [6.45, 7) is 2.22. The summed E-state index contributed by atoms with van der Waals surface area (Å²) in [5, 5.41) is 23.8. The molecule has 1 aliphatic carbocycles. The van der Waals surface area contributed by atoms with E-state index >= 15 is 0 Å². The van der Waals surface area contributed by atoms with E-state index in [1.807, 2.05) is 6.07 Å². The van der Waals surface area contributed by atoms with E-state index in [9.17, 15) is 14.9 Å². The van der Waals surface area contributed by atoms with Gasteiger partial charge in [0.1, 0.15) is 6.33 Å². The first-order valence-corrected chi connectivity index (χ1v) is 11.3. The lowest BCUT2D eigenvalue weighted by atomic mass is 9.90. The molecule has 1 atom stereocenters. The second-order valence-corrected chi connectivity index (χ2v) is 9.56. The number of rotatable bonds is 6. The van der Waals surface area contributed by atoms with Gasteiger partial charge in [-0.1, -0.05) is 13.0 Å². The highest BCUT2D eigenvalue weighted by Crippen LogP contribution is 2.34. The first kappa shape index (κ1) is 21.2. The van der Waals surface area contributed by atoms with Crippen LogP contribution in [0.1, 0.15) is 39.0 Å². The van der Waals surface area contributed by atoms with Gasteiger partial charge in [-0.25, -0.2) is 5.43 Å². The fourth-order valence-electron chi connectivity index (χ4n) is 3.35. The average molecular weight is 457 g/mol. The summed E-state index contributed by atoms with van der Waals surface area (Å²) in [6.07, 6.45) is 6.10. The van der Waals surface area contributed by atoms with Gasteiger partial charge in [-0.05, 0) is 54.6 Å². The minimum absolute atomic E-state index is 0.0664. The Morgan fingerprint density at radius 3 is 3.03 bits per heavy atom. The fourth-order valence-corrected chi connectivity index (χ4v) is 5.29. The van der Waals surface area contributed by atoms with Crippen molar-refractivity contribution in [2.45, 2.75) is 36.2 Å². The lowest BCUT2D eigenvalue weighted by Gasteiger charge is -2.16. The number of hydrogen-bond donors (Lipinski definition) is 1. The Hall–Kier alpha value is -3.05. The standard InChI is InChI=1S/C20H20N6O3S2/c1-12-3-5-16-14(7-12)9-18(30-16)19(27)23-21-10-13-4-6-17(15(8-13)26(28)29)31-20-24-22-11-25(20)2/h4,6,8-12H,3,5,7H2,1-2H3,(H,23,27)/b21-10+. The number of aryl methyl sites for hydroxylation is 2. The highest BCUT2D eigenvalue weighted by molar-refractivity contribution is 7.99. The summed E-state index contributed by atoms with van der Waals surface area (Å²) < 4.78 is 1.68. The molecule has 0 aliphatic heterocycles. The number of hydrazone groups is 1. The van der Waals surface area contributed by atoms with E-state index in [1.165, 1.54) is 40.4 Å². The number of nitro benzene ring substituents is 1. The molecule has 4 rings (SSSR count). The second-order valence-electron chi connectivity index (χ2n) is 7.42. The van der Waals surface area contributed by atoms with Crippen LogP contribution in [0.3, 0.4) is 0 Å². The van der Waals surface area contributed by atoms with Gasteiger partial charge in [0.25, 0.3) is 11.6 Å². The highest BCUT2D eigenvalue weighted by atomic mass is 32.2. The molecule has 0 bridgehead atoms. The van der Waals surface area contributed by atoms with Crippen LogP contribution >= 0.6 is 23.1 Å². The molecule has 0 fully saturated rings. The smallest absolute Gasteiger partial charge is 0.283 e. The number of aromatic nitrogens is 3. The van der Waals surface area contributed by atoms with Gasteiger partial charge < -0.3 is 4.57 Å². The van der Waals surface area contributed by atoms with Crippen molar-refractivity contribution in [3.8, 4) is 0 Å². The maximum absolute atomic E-state index is 12.4. The van der Waals surface area contributed by atoms with Crippen molar-refractivity contribution in [3.05, 3.63) is 61.6 Å². The van der Waals surface area contributed by atoms with Crippen LogP contribution in [0.15, 0.2) is 45.7 Å². The number of fused-ring (bicyclic) bond motifs is 1. The van der Waals surface area contributed by atoms with E-state index in [1.54, 1.807) is 23.7 Å². The summed E-state index contributed by atoms with van der Waals surface area (Å²) in [5.41, 5.74) is 4.21. The maximum atomic E-state index is 12.4. The zero-order chi connectivity index (χ0) is 22.0. The molecule has 2 aromatic heterocycles. The number of benzene rings is 1. The third-order valence-corrected chi connectivity index (χ3v) is 7.34. The SMILES string of the molecule is CC1CCc2sc(C(=O)N/N=C/c3ccc(Sc4nncn4C)c([N+](=O)[O-])c3)cc2C1. The van der Waals surface area contributed by atoms with Crippen molar-refractivity contribution >= 4 is 40.9 Å². The van der Waals surface area contributed by atoms with E-state index in [0.29, 0.717) is 26.4 Å². The van der Waals surface area contributed by atoms with Crippen molar-refractivity contribution in [1.29, 1.82) is 0 Å². The summed E-state index contributed by atoms with van der Waals surface area (Å²) >= 11 is 2.67. The zero-order valence-electron chi connectivity index (χ0n) is 16.9. The van der Waals surface area contributed by atoms with Crippen molar-refractivity contribution in [2.75, 3.05) is 0 Å². The van der Waals surface area contributed by atoms with Crippen molar-refractivity contribution in [2.24, 2.45) is 18.1 Å². The van der Waals surface area contributed by atoms with Crippen LogP contribution in [0.25, 0.3) is 0 Å². The minimum atomic E-state index is -0.453. The van der Waals surface area contributed by atoms with Crippen LogP contribution in [0.5, 0.6) is 0 Å². The topological polar surface area (TPSA) is 115 Å². The maximum Gasteiger partial charge on any atom is 0.283 e. The predicted molar refractivity (Wildman–Crippen MR) is 119 cm³/mol. The summed E-state index contributed by atoms with van der Waals surface area (Å²) in [7, 11) is 1.77. The number of carbonyl (C=O) groups excluding carboxylic acids is 1. The van der Waals surface area contributed by atoms with Crippen LogP contribution in [0.4, 0.5) is 5.69 Å². The van der Waals surface area contributed by atoms with Crippen LogP contribution < -0.4 is 5.43 Å². The van der Waals surface area contributed by atoms with E-state index in [0.717, 1.165) is 31.0 Å². The van der Waals surface area contributed by atoms with Gasteiger partial charge in [-0.2, -0.15) is 5.10 Å². The average Bonchev–Trinajstić information content (AvgIpc) is 3.34. The third kappa shape index (κ3) is 4.83. The third-order valence-electron chi connectivity index (χ3n) is 4.98. The second kappa shape index (κ2) is 8.98. The molecule has 1 amide bonds. The van der Waals surface area contributed by atoms with Crippen molar-refractivity contribution in [3.63, 3.8) is 0 Å². The van der Waals surface area contributed by atoms with Gasteiger partial charge in [0.2, 0.25) is 0 Å². The summed E-state index contributed by atoms with van der Waals surface area (Å²) in [5.74, 6) is 0.369. The largest absolute Gasteiger partial charge is 0.311 e. The number of amides is 1. The number of nitro groups is 1. The fraction of sp³-hybridized carbons (Fsp3) is 0.300. The van der Waals surface area contributed by atoms with Crippen LogP contribution in [0.2, 0.25) is 0 Å². The Bertz CT molecular complexity index is 1170. The number of thiophene rings is 1. The van der Waals surface area contributed by atoms with Gasteiger partial charge >= 0.3 is 0 Å². The van der Waals surface area contributed by atoms with Crippen LogP contribution in [-0.2, 0) is 19.9 Å². The summed E-state index contributed by atoms with van der Waals surface area (Å²) in [4.78, 5) is 25.8. The first-order valence-electron chi connectivity index (χ1n) is 9.66. The summed E-state index contributed by atoms with van der Waals surface area (Å²) in [6, 6.07) is 6.70. The molecular formula is C20H20N6O3S2. The lowest BCUT2D eigenvalue weighted by Crippen LogP contribution is -2.16. The van der Waals surface area contributed by atoms with Crippen molar-refractivity contribution in [1.82, 2.24) is 20.2 Å². The molecule has 2 heterocycles. The Morgan fingerprint density at radius 2 is 2.29 bits per heavy atom. The molecule has 0 radical (unpaired) electrons. The molecule has 0 spiro atoms. The van der Waals surface area contributed by atoms with Crippen molar-refractivity contribution < 1.29 is 9.72 Å². The van der Waals surface area contributed by atoms with Gasteiger partial charge in [-0.3, -0.25) is 14.9 Å². The van der Waals surface area contributed by atoms with Crippen LogP contribution in [-0.4, -0.2) is 31.8 Å². The number of carbonyl (C=O) groups is 1. The molecule has 0 saturated carbocycles. The number of hydrogen-bond acceptors (Lipinski definition) is 8. The van der Waals surface area contributed by atoms with Gasteiger partial charge in [0, 0.05) is 23.6 Å². The zero-order valence-corrected chi connectivity index (χ0v) is 18.6. The lowest BCUT2D eigenvalue weighted by molar-refractivity contribution is -0.387. The monoisotopic (exact) mass is 456 g/mol. The Balaban J connectivity index is 1.45. The molecule has 31 heavy (non-hydrogen) atoms. The molecule has 1 unspecified atom stereocenters. The molecule has 1 aromatic carbocycles. The Kier molecular flexibility index (Phi) is 6.14. The number of nitrogens with one attached hydrogen (secondary N) is 1. The molecular weight excluding hydrogens is 436 g/mol. The highest BCUT2D eigenvalue weighted by Gasteiger charge is 2.21. The van der Waals surface area contributed by atoms with E-state index in [-0.39, 0.29) is 11.6 Å². The predicted octanol–water partition coefficient (Wildman–Crippen LogP) is 3.82. The molecule has 11 heteroatoms. The van der Waals surface area contributed by atoms with Gasteiger partial charge in [0.15, 0.2) is 5.16 Å². The quantitative estimate of drug-likeness (QED) is 0.342. The molecule has 1 N–H and O–H groups in total. The molecule has 0 saturated heterocycles. The Labute approximate surface area is 186 Å². The molecule has 160 valence electrons. The molecule has 3 aromatic rings. The van der Waals surface area contributed by atoms with E-state index < -0.39 is 4.92 Å². The molecule has 9 nitrogen and oxygen atoms in total. The van der Waals surface area contributed by atoms with Crippen LogP contribution in [0, 0.1) is 16.0 Å². The minimum Gasteiger partial charge on any atom is -0.311 e. The van der Waals surface area contributed by atoms with Gasteiger partial charge in [0.05, 0.1) is 20.9 Å².